The average molecular weight is 940 g/mol. The summed E-state index contributed by atoms with van der Waals surface area (Å²) < 4.78 is 9.68. The van der Waals surface area contributed by atoms with Crippen molar-refractivity contribution >= 4 is 79.4 Å². The zero-order chi connectivity index (χ0) is 32.0. The number of anilines is 1. The van der Waals surface area contributed by atoms with Crippen LogP contribution in [0.2, 0.25) is 0 Å². The van der Waals surface area contributed by atoms with Gasteiger partial charge in [-0.2, -0.15) is 0 Å². The lowest BCUT2D eigenvalue weighted by Gasteiger charge is -2.58. The van der Waals surface area contributed by atoms with Gasteiger partial charge in [-0.15, -0.1) is 0 Å². The first-order valence-electron chi connectivity index (χ1n) is 17.6. The van der Waals surface area contributed by atoms with Gasteiger partial charge in [0.05, 0.1) is 11.6 Å². The van der Waals surface area contributed by atoms with E-state index in [1.807, 2.05) is 0 Å². The molecule has 5 rings (SSSR count). The Labute approximate surface area is 309 Å². The largest absolute Gasteiger partial charge is 0.462 e. The number of hydrogen-bond donors (Lipinski definition) is 1. The third kappa shape index (κ3) is 6.94. The molecule has 3 saturated carbocycles. The second-order valence-corrected chi connectivity index (χ2v) is 19.4. The molecule has 0 heterocycles. The maximum absolute atomic E-state index is 13.6. The number of carbonyl (C=O) groups is 1. The zero-order valence-electron chi connectivity index (χ0n) is 28.0. The van der Waals surface area contributed by atoms with E-state index < -0.39 is 0 Å². The average Bonchev–Trinajstić information content (AvgIpc) is 3.33. The molecule has 0 spiro atoms. The molecule has 2 N–H and O–H groups in total. The maximum atomic E-state index is 13.6. The van der Waals surface area contributed by atoms with E-state index in [1.54, 1.807) is 5.57 Å². The highest BCUT2D eigenvalue weighted by Gasteiger charge is 2.59. The SMILES string of the molecule is CCC(Cc1c(I)cc(I)c(N)c1I)C(=O)O[C@H]1CC[C@@]2(C)C(=CCC3C2CC[C@@]2(C)C3CC[C@@H]2C(C)CCCC(C)C)C1. The van der Waals surface area contributed by atoms with Gasteiger partial charge in [-0.05, 0) is 184 Å². The van der Waals surface area contributed by atoms with E-state index in [0.717, 1.165) is 74.0 Å². The fourth-order valence-corrected chi connectivity index (χ4v) is 14.3. The molecular weight excluding hydrogens is 883 g/mol. The molecule has 1 aromatic carbocycles. The van der Waals surface area contributed by atoms with Crippen molar-refractivity contribution in [3.05, 3.63) is 34.0 Å². The Morgan fingerprint density at radius 2 is 1.77 bits per heavy atom. The number of allylic oxidation sites excluding steroid dienone is 1. The fourth-order valence-electron chi connectivity index (χ4n) is 10.5. The third-order valence-corrected chi connectivity index (χ3v) is 16.2. The number of esters is 1. The van der Waals surface area contributed by atoms with Crippen molar-refractivity contribution in [2.24, 2.45) is 52.3 Å². The maximum Gasteiger partial charge on any atom is 0.309 e. The zero-order valence-corrected chi connectivity index (χ0v) is 34.5. The number of nitrogens with two attached hydrogens (primary N) is 1. The molecule has 0 amide bonds. The van der Waals surface area contributed by atoms with E-state index in [9.17, 15) is 4.79 Å². The predicted octanol–water partition coefficient (Wildman–Crippen LogP) is 11.6. The minimum atomic E-state index is -0.131. The second-order valence-electron chi connectivity index (χ2n) is 15.9. The molecule has 9 atom stereocenters. The summed E-state index contributed by atoms with van der Waals surface area (Å²) in [7, 11) is 0. The van der Waals surface area contributed by atoms with Crippen LogP contribution in [0.5, 0.6) is 0 Å². The quantitative estimate of drug-likeness (QED) is 0.110. The van der Waals surface area contributed by atoms with Gasteiger partial charge in [0, 0.05) is 17.1 Å². The molecule has 5 unspecified atom stereocenters. The molecule has 0 aromatic heterocycles. The van der Waals surface area contributed by atoms with E-state index >= 15 is 0 Å². The smallest absolute Gasteiger partial charge is 0.309 e. The minimum Gasteiger partial charge on any atom is -0.462 e. The molecule has 246 valence electrons. The molecule has 0 saturated heterocycles. The summed E-state index contributed by atoms with van der Waals surface area (Å²) in [6, 6.07) is 2.13. The van der Waals surface area contributed by atoms with Crippen molar-refractivity contribution in [3.63, 3.8) is 0 Å². The van der Waals surface area contributed by atoms with Gasteiger partial charge in [-0.25, -0.2) is 0 Å². The van der Waals surface area contributed by atoms with Crippen molar-refractivity contribution in [1.29, 1.82) is 0 Å². The number of nitrogen functional groups attached to an aromatic ring is 1. The van der Waals surface area contributed by atoms with E-state index in [2.05, 4.69) is 121 Å². The summed E-state index contributed by atoms with van der Waals surface area (Å²) in [5.41, 5.74) is 10.8. The van der Waals surface area contributed by atoms with Gasteiger partial charge in [-0.1, -0.05) is 72.5 Å². The molecular formula is C38H56I3NO2. The number of benzene rings is 1. The van der Waals surface area contributed by atoms with Gasteiger partial charge in [0.25, 0.3) is 0 Å². The Kier molecular flexibility index (Phi) is 11.8. The summed E-state index contributed by atoms with van der Waals surface area (Å²) in [5, 5.41) is 0. The first kappa shape index (κ1) is 35.7. The minimum absolute atomic E-state index is 0.0174. The number of carbonyl (C=O) groups excluding carboxylic acids is 1. The fraction of sp³-hybridized carbons (Fsp3) is 0.763. The van der Waals surface area contributed by atoms with Crippen molar-refractivity contribution in [2.75, 3.05) is 5.73 Å². The Morgan fingerprint density at radius 3 is 2.48 bits per heavy atom. The number of rotatable bonds is 10. The molecule has 4 aliphatic carbocycles. The first-order chi connectivity index (χ1) is 20.8. The number of fused-ring (bicyclic) bond motifs is 5. The van der Waals surface area contributed by atoms with Gasteiger partial charge in [0.1, 0.15) is 6.10 Å². The van der Waals surface area contributed by atoms with Crippen LogP contribution in [-0.2, 0) is 16.0 Å². The molecule has 0 radical (unpaired) electrons. The number of halogens is 3. The van der Waals surface area contributed by atoms with Gasteiger partial charge in [0.2, 0.25) is 0 Å². The molecule has 0 aliphatic heterocycles. The summed E-state index contributed by atoms with van der Waals surface area (Å²) in [5.74, 6) is 4.96. The van der Waals surface area contributed by atoms with Crippen LogP contribution < -0.4 is 5.73 Å². The molecule has 4 aliphatic rings. The first-order valence-corrected chi connectivity index (χ1v) is 20.9. The lowest BCUT2D eigenvalue weighted by atomic mass is 9.47. The predicted molar refractivity (Wildman–Crippen MR) is 209 cm³/mol. The highest BCUT2D eigenvalue weighted by Crippen LogP contribution is 2.67. The van der Waals surface area contributed by atoms with Crippen LogP contribution in [0, 0.1) is 63.0 Å². The van der Waals surface area contributed by atoms with E-state index in [1.165, 1.54) is 60.5 Å². The Balaban J connectivity index is 1.23. The van der Waals surface area contributed by atoms with Crippen LogP contribution in [0.25, 0.3) is 0 Å². The molecule has 0 bridgehead atoms. The van der Waals surface area contributed by atoms with Gasteiger partial charge in [-0.3, -0.25) is 4.79 Å². The van der Waals surface area contributed by atoms with E-state index in [-0.39, 0.29) is 23.4 Å². The molecule has 3 nitrogen and oxygen atoms in total. The molecule has 6 heteroatoms. The van der Waals surface area contributed by atoms with Crippen molar-refractivity contribution in [1.82, 2.24) is 0 Å². The van der Waals surface area contributed by atoms with E-state index in [4.69, 9.17) is 10.5 Å². The molecule has 3 fully saturated rings. The van der Waals surface area contributed by atoms with Gasteiger partial charge < -0.3 is 10.5 Å². The Bertz CT molecular complexity index is 1240. The standard InChI is InChI=1S/C38H56I3NO2/c1-7-24(19-28-32(39)21-33(40)35(42)34(28)41)36(43)44-26-15-17-37(5)25(20-26)11-12-27-30-14-13-29(23(4)10-8-9-22(2)3)38(30,6)18-16-31(27)37/h11,21-24,26-27,29-31H,7-10,12-20,42H2,1-6H3/t23?,24?,26-,27?,29+,30?,31?,37-,38+/m0/s1. The van der Waals surface area contributed by atoms with Gasteiger partial charge in [0.15, 0.2) is 0 Å². The third-order valence-electron chi connectivity index (χ3n) is 13.1. The van der Waals surface area contributed by atoms with Crippen LogP contribution in [-0.4, -0.2) is 12.1 Å². The highest BCUT2D eigenvalue weighted by molar-refractivity contribution is 14.1. The normalized spacial score (nSPS) is 34.5. The Morgan fingerprint density at radius 1 is 1.02 bits per heavy atom. The Hall–Kier alpha value is 0.420. The summed E-state index contributed by atoms with van der Waals surface area (Å²) in [4.78, 5) is 13.6. The van der Waals surface area contributed by atoms with Crippen molar-refractivity contribution < 1.29 is 9.53 Å². The topological polar surface area (TPSA) is 52.3 Å². The summed E-state index contributed by atoms with van der Waals surface area (Å²) in [6.45, 7) is 14.7. The number of ether oxygens (including phenoxy) is 1. The lowest BCUT2D eigenvalue weighted by Crippen LogP contribution is -2.51. The number of hydrogen-bond acceptors (Lipinski definition) is 3. The van der Waals surface area contributed by atoms with Crippen LogP contribution in [0.15, 0.2) is 17.7 Å². The van der Waals surface area contributed by atoms with Gasteiger partial charge >= 0.3 is 5.97 Å². The molecule has 1 aromatic rings. The van der Waals surface area contributed by atoms with Crippen LogP contribution in [0.4, 0.5) is 5.69 Å². The van der Waals surface area contributed by atoms with Crippen molar-refractivity contribution in [3.8, 4) is 0 Å². The highest BCUT2D eigenvalue weighted by atomic mass is 127. The second kappa shape index (κ2) is 14.5. The summed E-state index contributed by atoms with van der Waals surface area (Å²) >= 11 is 7.04. The van der Waals surface area contributed by atoms with Crippen LogP contribution in [0.3, 0.4) is 0 Å². The van der Waals surface area contributed by atoms with E-state index in [0.29, 0.717) is 11.8 Å². The monoisotopic (exact) mass is 939 g/mol. The van der Waals surface area contributed by atoms with Crippen molar-refractivity contribution in [2.45, 2.75) is 131 Å². The molecule has 44 heavy (non-hydrogen) atoms. The summed E-state index contributed by atoms with van der Waals surface area (Å²) in [6.07, 6.45) is 18.4. The van der Waals surface area contributed by atoms with Crippen LogP contribution >= 0.6 is 67.8 Å². The van der Waals surface area contributed by atoms with Crippen LogP contribution in [0.1, 0.15) is 124 Å². The lowest BCUT2D eigenvalue weighted by molar-refractivity contribution is -0.156.